The van der Waals surface area contributed by atoms with Crippen LogP contribution in [-0.2, 0) is 4.84 Å². The van der Waals surface area contributed by atoms with Crippen molar-refractivity contribution in [3.8, 4) is 0 Å². The smallest absolute Gasteiger partial charge is 0.0607 e. The summed E-state index contributed by atoms with van der Waals surface area (Å²) in [6.07, 6.45) is 0. The van der Waals surface area contributed by atoms with E-state index in [0.717, 1.165) is 0 Å². The third kappa shape index (κ3) is 4.79. The lowest BCUT2D eigenvalue weighted by atomic mass is 11.5. The van der Waals surface area contributed by atoms with E-state index in [1.807, 2.05) is 0 Å². The maximum atomic E-state index is 4.78. The summed E-state index contributed by atoms with van der Waals surface area (Å²) >= 11 is -1.42. The maximum absolute atomic E-state index is 4.78. The van der Waals surface area contributed by atoms with Gasteiger partial charge in [-0.15, -0.1) is 0 Å². The molecule has 4 nitrogen and oxygen atoms in total. The van der Waals surface area contributed by atoms with Crippen LogP contribution in [0.5, 0.6) is 0 Å². The van der Waals surface area contributed by atoms with Crippen molar-refractivity contribution in [2.75, 3.05) is 14.2 Å². The van der Waals surface area contributed by atoms with E-state index >= 15 is 0 Å². The van der Waals surface area contributed by atoms with Crippen LogP contribution in [0.1, 0.15) is 0 Å². The molecule has 0 atom stereocenters. The van der Waals surface area contributed by atoms with Gasteiger partial charge in [0.1, 0.15) is 0 Å². The van der Waals surface area contributed by atoms with Gasteiger partial charge in [0.25, 0.3) is 0 Å². The molecule has 0 aliphatic heterocycles. The average Bonchev–Trinajstić information content (AvgIpc) is 1.82. The second-order valence-electron chi connectivity index (χ2n) is 1.24. The first-order chi connectivity index (χ1) is 4.20. The number of nitrogens with zero attached hydrogens (tertiary/aromatic N) is 1. The van der Waals surface area contributed by atoms with Gasteiger partial charge in [-0.3, -0.25) is 4.84 Å². The molecule has 5 heteroatoms. The Morgan fingerprint density at radius 2 is 2.11 bits per heavy atom. The highest BCUT2D eigenvalue weighted by Crippen LogP contribution is 1.92. The Balaban J connectivity index is 3.55. The average molecular weight is 245 g/mol. The van der Waals surface area contributed by atoms with Gasteiger partial charge in [-0.1, -0.05) is 28.2 Å². The standard InChI is InChI=1S/C4H12IN3O/c1-5(2)7-8(6-3)9-4/h6-7H,1-2H2,3-4H3. The predicted octanol–water partition coefficient (Wildman–Crippen LogP) is -0.226. The van der Waals surface area contributed by atoms with Gasteiger partial charge in [-0.2, -0.15) is 3.64 Å². The highest BCUT2D eigenvalue weighted by Gasteiger charge is 1.91. The van der Waals surface area contributed by atoms with Crippen LogP contribution >= 0.6 is 19.1 Å². The first kappa shape index (κ1) is 9.31. The number of rotatable bonds is 4. The van der Waals surface area contributed by atoms with E-state index < -0.39 is 19.1 Å². The van der Waals surface area contributed by atoms with Gasteiger partial charge in [-0.05, 0) is 5.28 Å². The number of hydrogen-bond donors (Lipinski definition) is 2. The van der Waals surface area contributed by atoms with E-state index in [-0.39, 0.29) is 0 Å². The SMILES string of the molecule is C=I(=C)NN(NC)OC. The molecule has 0 aromatic rings. The largest absolute Gasteiger partial charge is 0.273 e. The van der Waals surface area contributed by atoms with E-state index in [4.69, 9.17) is 4.84 Å². The lowest BCUT2D eigenvalue weighted by Gasteiger charge is -2.15. The third-order valence-corrected chi connectivity index (χ3v) is 1.70. The molecule has 0 unspecified atom stereocenters. The lowest BCUT2D eigenvalue weighted by Crippen LogP contribution is -2.40. The number of halogens is 1. The van der Waals surface area contributed by atoms with Gasteiger partial charge in [0, 0.05) is 7.05 Å². The molecule has 0 aliphatic rings. The summed E-state index contributed by atoms with van der Waals surface area (Å²) < 4.78 is 10.4. The number of hydrazine groups is 2. The summed E-state index contributed by atoms with van der Waals surface area (Å²) in [5.41, 5.74) is 2.74. The van der Waals surface area contributed by atoms with Crippen molar-refractivity contribution in [3.63, 3.8) is 0 Å². The summed E-state index contributed by atoms with van der Waals surface area (Å²) in [7, 11) is 3.30. The minimum Gasteiger partial charge on any atom is -0.273 e. The quantitative estimate of drug-likeness (QED) is 0.407. The van der Waals surface area contributed by atoms with Gasteiger partial charge in [0.2, 0.25) is 0 Å². The van der Waals surface area contributed by atoms with Crippen LogP contribution in [0.25, 0.3) is 0 Å². The molecule has 0 aliphatic carbocycles. The summed E-state index contributed by atoms with van der Waals surface area (Å²) in [4.78, 5) is 4.78. The first-order valence-electron chi connectivity index (χ1n) is 2.26. The van der Waals surface area contributed by atoms with E-state index in [2.05, 4.69) is 18.1 Å². The zero-order valence-electron chi connectivity index (χ0n) is 5.65. The molecule has 0 aromatic heterocycles. The van der Waals surface area contributed by atoms with Crippen molar-refractivity contribution in [2.24, 2.45) is 0 Å². The highest BCUT2D eigenvalue weighted by atomic mass is 127. The molecule has 0 spiro atoms. The molecule has 0 saturated carbocycles. The van der Waals surface area contributed by atoms with Crippen molar-refractivity contribution < 1.29 is 4.84 Å². The Labute approximate surface area is 61.8 Å². The molecule has 2 N–H and O–H groups in total. The molecule has 56 valence electrons. The molecule has 9 heavy (non-hydrogen) atoms. The fraction of sp³-hybridized carbons (Fsp3) is 0.500. The molecule has 0 rings (SSSR count). The van der Waals surface area contributed by atoms with E-state index in [1.54, 1.807) is 14.2 Å². The van der Waals surface area contributed by atoms with Crippen LogP contribution in [-0.4, -0.2) is 28.5 Å². The Morgan fingerprint density at radius 1 is 1.56 bits per heavy atom. The predicted molar refractivity (Wildman–Crippen MR) is 49.3 cm³/mol. The Kier molecular flexibility index (Phi) is 5.30. The normalized spacial score (nSPS) is 11.1. The summed E-state index contributed by atoms with van der Waals surface area (Å²) in [5.74, 6) is 0. The van der Waals surface area contributed by atoms with Gasteiger partial charge in [0.05, 0.1) is 7.11 Å². The fourth-order valence-electron chi connectivity index (χ4n) is 0.277. The van der Waals surface area contributed by atoms with Crippen molar-refractivity contribution in [3.05, 3.63) is 0 Å². The monoisotopic (exact) mass is 245 g/mol. The lowest BCUT2D eigenvalue weighted by molar-refractivity contribution is -0.179. The zero-order chi connectivity index (χ0) is 7.28. The Hall–Kier alpha value is 0.310. The number of nitrogens with one attached hydrogen (secondary N) is 2. The highest BCUT2D eigenvalue weighted by molar-refractivity contribution is 14.2. The minimum absolute atomic E-state index is 1.39. The third-order valence-electron chi connectivity index (χ3n) is 0.582. The van der Waals surface area contributed by atoms with Crippen LogP contribution in [0.4, 0.5) is 0 Å². The molecule has 0 amide bonds. The van der Waals surface area contributed by atoms with Crippen molar-refractivity contribution in [1.29, 1.82) is 0 Å². The molecule has 0 aromatic carbocycles. The molecule has 0 heterocycles. The van der Waals surface area contributed by atoms with Crippen LogP contribution < -0.4 is 9.06 Å². The summed E-state index contributed by atoms with van der Waals surface area (Å²) in [6.45, 7) is 0. The van der Waals surface area contributed by atoms with Gasteiger partial charge in [-0.25, -0.2) is 5.43 Å². The molecule has 0 fully saturated rings. The van der Waals surface area contributed by atoms with E-state index in [9.17, 15) is 0 Å². The molecular formula is C4H12IN3O. The first-order valence-corrected chi connectivity index (χ1v) is 6.39. The Bertz CT molecular complexity index is 122. The fourth-order valence-corrected chi connectivity index (χ4v) is 1.33. The maximum Gasteiger partial charge on any atom is 0.0607 e. The number of hydrogen-bond acceptors (Lipinski definition) is 4. The van der Waals surface area contributed by atoms with E-state index in [0.29, 0.717) is 0 Å². The molecular weight excluding hydrogens is 233 g/mol. The van der Waals surface area contributed by atoms with Crippen molar-refractivity contribution in [1.82, 2.24) is 14.3 Å². The summed E-state index contributed by atoms with van der Waals surface area (Å²) in [6, 6.07) is 0. The van der Waals surface area contributed by atoms with Crippen LogP contribution in [0, 0.1) is 0 Å². The van der Waals surface area contributed by atoms with E-state index in [1.165, 1.54) is 5.28 Å². The minimum atomic E-state index is -1.42. The molecule has 0 bridgehead atoms. The second-order valence-corrected chi connectivity index (χ2v) is 4.33. The van der Waals surface area contributed by atoms with Gasteiger partial charge in [0.15, 0.2) is 0 Å². The van der Waals surface area contributed by atoms with Gasteiger partial charge < -0.3 is 0 Å². The second kappa shape index (κ2) is 5.12. The molecule has 0 saturated heterocycles. The topological polar surface area (TPSA) is 36.5 Å². The van der Waals surface area contributed by atoms with Crippen molar-refractivity contribution in [2.45, 2.75) is 0 Å². The van der Waals surface area contributed by atoms with Crippen LogP contribution in [0.2, 0.25) is 0 Å². The van der Waals surface area contributed by atoms with Crippen LogP contribution in [0.3, 0.4) is 0 Å². The van der Waals surface area contributed by atoms with Crippen molar-refractivity contribution >= 4 is 28.2 Å². The zero-order valence-corrected chi connectivity index (χ0v) is 7.81. The summed E-state index contributed by atoms with van der Waals surface area (Å²) in [5, 5.41) is 1.39. The Morgan fingerprint density at radius 3 is 2.22 bits per heavy atom. The molecule has 0 radical (unpaired) electrons. The van der Waals surface area contributed by atoms with Gasteiger partial charge >= 0.3 is 0 Å². The van der Waals surface area contributed by atoms with Crippen LogP contribution in [0.15, 0.2) is 0 Å².